The molecule has 7 heteroatoms. The number of likely N-dealkylation sites (tertiary alicyclic amines) is 1. The molecule has 24 heavy (non-hydrogen) atoms. The molecule has 1 amide bonds. The first-order valence-corrected chi connectivity index (χ1v) is 9.91. The fraction of sp³-hybridized carbons (Fsp3) is 0.412. The minimum atomic E-state index is -3.03. The highest BCUT2D eigenvalue weighted by atomic mass is 32.2. The molecule has 0 aliphatic carbocycles. The van der Waals surface area contributed by atoms with Gasteiger partial charge < -0.3 is 4.90 Å². The largest absolute Gasteiger partial charge is 0.338 e. The summed E-state index contributed by atoms with van der Waals surface area (Å²) in [5.74, 6) is -0.0818. The third kappa shape index (κ3) is 3.21. The number of para-hydroxylation sites is 1. The molecule has 1 aliphatic heterocycles. The number of piperidine rings is 1. The van der Waals surface area contributed by atoms with Gasteiger partial charge in [0.05, 0.1) is 28.4 Å². The lowest BCUT2D eigenvalue weighted by Gasteiger charge is -2.31. The number of sulfone groups is 1. The number of hydrogen-bond acceptors (Lipinski definition) is 4. The summed E-state index contributed by atoms with van der Waals surface area (Å²) in [6.07, 6.45) is 3.85. The first-order valence-electron chi connectivity index (χ1n) is 7.96. The van der Waals surface area contributed by atoms with E-state index < -0.39 is 9.84 Å². The van der Waals surface area contributed by atoms with Crippen molar-refractivity contribution in [1.82, 2.24) is 14.7 Å². The standard InChI is InChI=1S/C17H21N3O3S/c1-13-16(12-18-20(13)14-6-4-3-5-7-14)17(21)19-10-8-15(9-11-19)24(2,22)23/h3-7,12,15H,8-11H2,1-2H3. The minimum Gasteiger partial charge on any atom is -0.338 e. The maximum absolute atomic E-state index is 12.7. The first kappa shape index (κ1) is 16.7. The van der Waals surface area contributed by atoms with Crippen LogP contribution in [-0.2, 0) is 9.84 Å². The van der Waals surface area contributed by atoms with Crippen molar-refractivity contribution in [3.63, 3.8) is 0 Å². The van der Waals surface area contributed by atoms with Gasteiger partial charge in [-0.05, 0) is 31.9 Å². The summed E-state index contributed by atoms with van der Waals surface area (Å²) >= 11 is 0. The molecule has 1 aromatic heterocycles. The monoisotopic (exact) mass is 347 g/mol. The van der Waals surface area contributed by atoms with Crippen LogP contribution in [0.5, 0.6) is 0 Å². The molecule has 1 fully saturated rings. The molecule has 0 spiro atoms. The molecule has 1 saturated heterocycles. The zero-order chi connectivity index (χ0) is 17.3. The second-order valence-electron chi connectivity index (χ2n) is 6.21. The summed E-state index contributed by atoms with van der Waals surface area (Å²) < 4.78 is 25.0. The Hall–Kier alpha value is -2.15. The quantitative estimate of drug-likeness (QED) is 0.849. The highest BCUT2D eigenvalue weighted by molar-refractivity contribution is 7.91. The van der Waals surface area contributed by atoms with Crippen molar-refractivity contribution >= 4 is 15.7 Å². The van der Waals surface area contributed by atoms with Crippen LogP contribution in [-0.4, -0.2) is 53.6 Å². The SMILES string of the molecule is Cc1c(C(=O)N2CCC(S(C)(=O)=O)CC2)cnn1-c1ccccc1. The van der Waals surface area contributed by atoms with E-state index in [1.165, 1.54) is 6.26 Å². The molecule has 6 nitrogen and oxygen atoms in total. The van der Waals surface area contributed by atoms with Crippen LogP contribution in [0.2, 0.25) is 0 Å². The lowest BCUT2D eigenvalue weighted by Crippen LogP contribution is -2.42. The average molecular weight is 347 g/mol. The summed E-state index contributed by atoms with van der Waals surface area (Å²) in [6, 6.07) is 9.65. The molecule has 2 aromatic rings. The fourth-order valence-electron chi connectivity index (χ4n) is 3.11. The first-order chi connectivity index (χ1) is 11.4. The van der Waals surface area contributed by atoms with Crippen molar-refractivity contribution in [2.24, 2.45) is 0 Å². The number of carbonyl (C=O) groups is 1. The van der Waals surface area contributed by atoms with E-state index in [-0.39, 0.29) is 11.2 Å². The third-order valence-electron chi connectivity index (χ3n) is 4.58. The van der Waals surface area contributed by atoms with E-state index in [1.54, 1.807) is 15.8 Å². The zero-order valence-electron chi connectivity index (χ0n) is 13.8. The maximum Gasteiger partial charge on any atom is 0.257 e. The number of hydrogen-bond donors (Lipinski definition) is 0. The zero-order valence-corrected chi connectivity index (χ0v) is 14.7. The molecule has 128 valence electrons. The number of nitrogens with zero attached hydrogens (tertiary/aromatic N) is 3. The Morgan fingerprint density at radius 2 is 1.79 bits per heavy atom. The van der Waals surface area contributed by atoms with E-state index in [0.29, 0.717) is 31.5 Å². The van der Waals surface area contributed by atoms with Crippen molar-refractivity contribution in [3.05, 3.63) is 47.8 Å². The van der Waals surface area contributed by atoms with Crippen LogP contribution in [0.1, 0.15) is 28.9 Å². The van der Waals surface area contributed by atoms with E-state index in [0.717, 1.165) is 11.4 Å². The van der Waals surface area contributed by atoms with Gasteiger partial charge in [-0.3, -0.25) is 4.79 Å². The molecular formula is C17H21N3O3S. The molecule has 0 atom stereocenters. The fourth-order valence-corrected chi connectivity index (χ4v) is 4.17. The number of amides is 1. The van der Waals surface area contributed by atoms with E-state index in [9.17, 15) is 13.2 Å². The lowest BCUT2D eigenvalue weighted by molar-refractivity contribution is 0.0725. The Bertz CT molecular complexity index is 835. The van der Waals surface area contributed by atoms with Crippen LogP contribution >= 0.6 is 0 Å². The molecule has 1 aliphatic rings. The maximum atomic E-state index is 12.7. The summed E-state index contributed by atoms with van der Waals surface area (Å²) in [4.78, 5) is 14.5. The second kappa shape index (κ2) is 6.39. The van der Waals surface area contributed by atoms with Crippen molar-refractivity contribution in [2.75, 3.05) is 19.3 Å². The Morgan fingerprint density at radius 1 is 1.17 bits per heavy atom. The van der Waals surface area contributed by atoms with Crippen LogP contribution < -0.4 is 0 Å². The van der Waals surface area contributed by atoms with Gasteiger partial charge in [-0.15, -0.1) is 0 Å². The molecule has 0 N–H and O–H groups in total. The molecule has 0 saturated carbocycles. The molecule has 1 aromatic carbocycles. The highest BCUT2D eigenvalue weighted by Gasteiger charge is 2.30. The lowest BCUT2D eigenvalue weighted by atomic mass is 10.1. The number of rotatable bonds is 3. The summed E-state index contributed by atoms with van der Waals surface area (Å²) in [5, 5.41) is 3.99. The van der Waals surface area contributed by atoms with Crippen molar-refractivity contribution in [1.29, 1.82) is 0 Å². The molecule has 0 bridgehead atoms. The summed E-state index contributed by atoms with van der Waals surface area (Å²) in [7, 11) is -3.03. The van der Waals surface area contributed by atoms with Crippen LogP contribution in [0, 0.1) is 6.92 Å². The average Bonchev–Trinajstić information content (AvgIpc) is 2.96. The molecular weight excluding hydrogens is 326 g/mol. The van der Waals surface area contributed by atoms with Gasteiger partial charge in [0.15, 0.2) is 0 Å². The smallest absolute Gasteiger partial charge is 0.257 e. The van der Waals surface area contributed by atoms with Gasteiger partial charge >= 0.3 is 0 Å². The van der Waals surface area contributed by atoms with Crippen molar-refractivity contribution in [3.8, 4) is 5.69 Å². The van der Waals surface area contributed by atoms with Crippen molar-refractivity contribution in [2.45, 2.75) is 25.0 Å². The van der Waals surface area contributed by atoms with Gasteiger partial charge in [-0.1, -0.05) is 18.2 Å². The van der Waals surface area contributed by atoms with Crippen LogP contribution in [0.15, 0.2) is 36.5 Å². The van der Waals surface area contributed by atoms with E-state index in [2.05, 4.69) is 5.10 Å². The molecule has 0 radical (unpaired) electrons. The van der Waals surface area contributed by atoms with Crippen LogP contribution in [0.3, 0.4) is 0 Å². The minimum absolute atomic E-state index is 0.0818. The Kier molecular flexibility index (Phi) is 4.45. The Morgan fingerprint density at radius 3 is 2.38 bits per heavy atom. The van der Waals surface area contributed by atoms with Gasteiger partial charge in [-0.25, -0.2) is 13.1 Å². The normalized spacial score (nSPS) is 16.3. The van der Waals surface area contributed by atoms with Gasteiger partial charge in [0, 0.05) is 19.3 Å². The Labute approximate surface area is 142 Å². The molecule has 0 unspecified atom stereocenters. The van der Waals surface area contributed by atoms with Gasteiger partial charge in [0.1, 0.15) is 9.84 Å². The predicted molar refractivity (Wildman–Crippen MR) is 92.1 cm³/mol. The molecule has 3 rings (SSSR count). The van der Waals surface area contributed by atoms with Crippen LogP contribution in [0.25, 0.3) is 5.69 Å². The predicted octanol–water partition coefficient (Wildman–Crippen LogP) is 1.83. The van der Waals surface area contributed by atoms with Gasteiger partial charge in [0.2, 0.25) is 0 Å². The summed E-state index contributed by atoms with van der Waals surface area (Å²) in [6.45, 7) is 2.80. The van der Waals surface area contributed by atoms with E-state index in [4.69, 9.17) is 0 Å². The number of carbonyl (C=O) groups excluding carboxylic acids is 1. The van der Waals surface area contributed by atoms with Crippen molar-refractivity contribution < 1.29 is 13.2 Å². The Balaban J connectivity index is 1.77. The van der Waals surface area contributed by atoms with Crippen LogP contribution in [0.4, 0.5) is 0 Å². The van der Waals surface area contributed by atoms with Gasteiger partial charge in [-0.2, -0.15) is 5.10 Å². The van der Waals surface area contributed by atoms with E-state index in [1.807, 2.05) is 37.3 Å². The van der Waals surface area contributed by atoms with E-state index >= 15 is 0 Å². The highest BCUT2D eigenvalue weighted by Crippen LogP contribution is 2.21. The molecule has 2 heterocycles. The third-order valence-corrected chi connectivity index (χ3v) is 6.26. The number of aromatic nitrogens is 2. The second-order valence-corrected chi connectivity index (χ2v) is 8.54. The summed E-state index contributed by atoms with van der Waals surface area (Å²) in [5.41, 5.74) is 2.26. The topological polar surface area (TPSA) is 72.3 Å². The number of benzene rings is 1. The van der Waals surface area contributed by atoms with Gasteiger partial charge in [0.25, 0.3) is 5.91 Å².